The minimum atomic E-state index is -1.33. The van der Waals surface area contributed by atoms with E-state index in [0.717, 1.165) is 16.7 Å². The highest BCUT2D eigenvalue weighted by Crippen LogP contribution is 2.63. The number of imide groups is 1. The summed E-state index contributed by atoms with van der Waals surface area (Å²) in [5.74, 6) is -3.92. The molecule has 3 aliphatic carbocycles. The standard InChI is InChI=1S/C44H37NO7/c1-26(47)27-12-16-31(17-13-27)45-42(50)34-21-20-33-36(39(34)43(45)51)24-37-41(49)35(28-8-4-2-5-9-28)25-38(48)44(37,30-10-6-3-7-11-30)40(33)29-14-18-32(19-15-29)52-23-22-46/h2-20,25,34,36-37,39-40,46H,21-24H2,1H3. The van der Waals surface area contributed by atoms with E-state index >= 15 is 9.59 Å². The van der Waals surface area contributed by atoms with Crippen molar-refractivity contribution in [1.29, 1.82) is 0 Å². The molecule has 6 unspecified atom stereocenters. The van der Waals surface area contributed by atoms with Crippen LogP contribution in [0.1, 0.15) is 52.7 Å². The van der Waals surface area contributed by atoms with E-state index in [0.29, 0.717) is 34.6 Å². The molecule has 4 aliphatic rings. The van der Waals surface area contributed by atoms with Crippen LogP contribution >= 0.6 is 0 Å². The first-order chi connectivity index (χ1) is 25.2. The smallest absolute Gasteiger partial charge is 0.238 e. The summed E-state index contributed by atoms with van der Waals surface area (Å²) in [6.45, 7) is 1.44. The molecule has 1 heterocycles. The molecule has 52 heavy (non-hydrogen) atoms. The molecular formula is C44H37NO7. The summed E-state index contributed by atoms with van der Waals surface area (Å²) in [5.41, 5.74) is 2.92. The van der Waals surface area contributed by atoms with Gasteiger partial charge in [0.1, 0.15) is 12.4 Å². The molecule has 8 nitrogen and oxygen atoms in total. The Bertz CT molecular complexity index is 2150. The minimum Gasteiger partial charge on any atom is -0.491 e. The van der Waals surface area contributed by atoms with Crippen LogP contribution in [0.3, 0.4) is 0 Å². The van der Waals surface area contributed by atoms with Gasteiger partial charge in [0.2, 0.25) is 11.8 Å². The van der Waals surface area contributed by atoms with Crippen LogP contribution in [0.25, 0.3) is 5.57 Å². The third kappa shape index (κ3) is 5.12. The maximum absolute atomic E-state index is 15.1. The van der Waals surface area contributed by atoms with E-state index in [1.165, 1.54) is 17.9 Å². The fourth-order valence-electron chi connectivity index (χ4n) is 9.27. The molecule has 260 valence electrons. The summed E-state index contributed by atoms with van der Waals surface area (Å²) in [4.78, 5) is 72.0. The lowest BCUT2D eigenvalue weighted by molar-refractivity contribution is -0.135. The monoisotopic (exact) mass is 691 g/mol. The van der Waals surface area contributed by atoms with Gasteiger partial charge in [-0.15, -0.1) is 0 Å². The Labute approximate surface area is 301 Å². The first-order valence-electron chi connectivity index (χ1n) is 17.7. The molecule has 1 saturated carbocycles. The molecule has 0 bridgehead atoms. The number of rotatable bonds is 8. The third-order valence-corrected chi connectivity index (χ3v) is 11.5. The van der Waals surface area contributed by atoms with Gasteiger partial charge in [-0.3, -0.25) is 28.9 Å². The van der Waals surface area contributed by atoms with Crippen molar-refractivity contribution in [2.24, 2.45) is 23.7 Å². The van der Waals surface area contributed by atoms with Crippen LogP contribution in [-0.2, 0) is 24.6 Å². The molecule has 1 N–H and O–H groups in total. The zero-order chi connectivity index (χ0) is 36.1. The lowest BCUT2D eigenvalue weighted by atomic mass is 9.44. The van der Waals surface area contributed by atoms with Gasteiger partial charge < -0.3 is 9.84 Å². The number of ether oxygens (including phenoxy) is 1. The molecule has 0 radical (unpaired) electrons. The molecule has 8 heteroatoms. The zero-order valence-corrected chi connectivity index (χ0v) is 28.6. The molecule has 4 aromatic carbocycles. The number of anilines is 1. The average Bonchev–Trinajstić information content (AvgIpc) is 3.44. The first-order valence-corrected chi connectivity index (χ1v) is 17.7. The van der Waals surface area contributed by atoms with Gasteiger partial charge in [-0.2, -0.15) is 0 Å². The van der Waals surface area contributed by atoms with Gasteiger partial charge in [-0.1, -0.05) is 84.4 Å². The predicted octanol–water partition coefficient (Wildman–Crippen LogP) is 6.29. The molecule has 4 aromatic rings. The Kier molecular flexibility index (Phi) is 8.42. The molecule has 8 rings (SSSR count). The highest BCUT2D eigenvalue weighted by atomic mass is 16.5. The van der Waals surface area contributed by atoms with Crippen LogP contribution in [0.15, 0.2) is 127 Å². The van der Waals surface area contributed by atoms with Gasteiger partial charge in [-0.25, -0.2) is 0 Å². The van der Waals surface area contributed by atoms with Crippen molar-refractivity contribution in [2.45, 2.75) is 31.1 Å². The number of hydrogen-bond donors (Lipinski definition) is 1. The second-order valence-corrected chi connectivity index (χ2v) is 14.0. The Balaban J connectivity index is 1.31. The largest absolute Gasteiger partial charge is 0.491 e. The molecule has 2 amide bonds. The number of hydrogen-bond acceptors (Lipinski definition) is 7. The van der Waals surface area contributed by atoms with E-state index in [-0.39, 0.29) is 48.8 Å². The number of aliphatic hydroxyl groups is 1. The topological polar surface area (TPSA) is 118 Å². The lowest BCUT2D eigenvalue weighted by Crippen LogP contribution is -2.58. The van der Waals surface area contributed by atoms with Crippen molar-refractivity contribution in [3.63, 3.8) is 0 Å². The molecule has 0 spiro atoms. The summed E-state index contributed by atoms with van der Waals surface area (Å²) in [7, 11) is 0. The number of fused-ring (bicyclic) bond motifs is 4. The zero-order valence-electron chi connectivity index (χ0n) is 28.6. The van der Waals surface area contributed by atoms with E-state index in [9.17, 15) is 19.5 Å². The molecule has 6 atom stereocenters. The van der Waals surface area contributed by atoms with Crippen molar-refractivity contribution in [1.82, 2.24) is 0 Å². The number of Topliss-reactive ketones (excluding diaryl/α,β-unsaturated/α-hetero) is 2. The van der Waals surface area contributed by atoms with E-state index in [4.69, 9.17) is 4.74 Å². The van der Waals surface area contributed by atoms with Crippen LogP contribution in [0, 0.1) is 23.7 Å². The minimum absolute atomic E-state index is 0.119. The van der Waals surface area contributed by atoms with E-state index in [1.807, 2.05) is 78.9 Å². The Morgan fingerprint density at radius 1 is 0.827 bits per heavy atom. The summed E-state index contributed by atoms with van der Waals surface area (Å²) in [6.07, 6.45) is 4.06. The molecule has 0 aromatic heterocycles. The van der Waals surface area contributed by atoms with Gasteiger partial charge >= 0.3 is 0 Å². The number of amides is 2. The van der Waals surface area contributed by atoms with Crippen LogP contribution in [0.2, 0.25) is 0 Å². The highest BCUT2D eigenvalue weighted by molar-refractivity contribution is 6.32. The normalized spacial score (nSPS) is 26.6. The maximum atomic E-state index is 15.1. The number of allylic oxidation sites excluding steroid dienone is 4. The summed E-state index contributed by atoms with van der Waals surface area (Å²) in [5, 5.41) is 9.33. The number of nitrogens with zero attached hydrogens (tertiary/aromatic N) is 1. The maximum Gasteiger partial charge on any atom is 0.238 e. The second kappa shape index (κ2) is 13.1. The van der Waals surface area contributed by atoms with E-state index in [2.05, 4.69) is 0 Å². The van der Waals surface area contributed by atoms with Crippen LogP contribution < -0.4 is 9.64 Å². The molecular weight excluding hydrogens is 654 g/mol. The third-order valence-electron chi connectivity index (χ3n) is 11.5. The molecule has 2 fully saturated rings. The van der Waals surface area contributed by atoms with Gasteiger partial charge in [0.15, 0.2) is 17.3 Å². The lowest BCUT2D eigenvalue weighted by Gasteiger charge is -2.55. The van der Waals surface area contributed by atoms with Crippen LogP contribution in [-0.4, -0.2) is 47.5 Å². The highest BCUT2D eigenvalue weighted by Gasteiger charge is 2.66. The predicted molar refractivity (Wildman–Crippen MR) is 195 cm³/mol. The second-order valence-electron chi connectivity index (χ2n) is 14.0. The van der Waals surface area contributed by atoms with Gasteiger partial charge in [-0.05, 0) is 84.8 Å². The average molecular weight is 692 g/mol. The first kappa shape index (κ1) is 33.4. The number of carbonyl (C=O) groups is 5. The fraction of sp³-hybridized carbons (Fsp3) is 0.250. The van der Waals surface area contributed by atoms with E-state index in [1.54, 1.807) is 36.4 Å². The number of benzene rings is 4. The quantitative estimate of drug-likeness (QED) is 0.131. The Hall–Kier alpha value is -5.73. The summed E-state index contributed by atoms with van der Waals surface area (Å²) < 4.78 is 5.68. The van der Waals surface area contributed by atoms with Gasteiger partial charge in [0.05, 0.1) is 29.5 Å². The van der Waals surface area contributed by atoms with Crippen molar-refractivity contribution < 1.29 is 33.8 Å². The van der Waals surface area contributed by atoms with Crippen LogP contribution in [0.4, 0.5) is 5.69 Å². The fourth-order valence-corrected chi connectivity index (χ4v) is 9.27. The van der Waals surface area contributed by atoms with Crippen molar-refractivity contribution in [2.75, 3.05) is 18.1 Å². The number of carbonyl (C=O) groups excluding carboxylic acids is 5. The van der Waals surface area contributed by atoms with E-state index < -0.39 is 35.0 Å². The van der Waals surface area contributed by atoms with Crippen molar-refractivity contribution in [3.05, 3.63) is 149 Å². The Morgan fingerprint density at radius 3 is 2.15 bits per heavy atom. The molecule has 1 aliphatic heterocycles. The van der Waals surface area contributed by atoms with Gasteiger partial charge in [0, 0.05) is 23.0 Å². The molecule has 1 saturated heterocycles. The summed E-state index contributed by atoms with van der Waals surface area (Å²) in [6, 6.07) is 32.5. The number of aliphatic hydroxyl groups excluding tert-OH is 1. The Morgan fingerprint density at radius 2 is 1.50 bits per heavy atom. The van der Waals surface area contributed by atoms with Crippen molar-refractivity contribution in [3.8, 4) is 5.75 Å². The van der Waals surface area contributed by atoms with Crippen LogP contribution in [0.5, 0.6) is 5.75 Å². The number of ketones is 3. The van der Waals surface area contributed by atoms with Gasteiger partial charge in [0.25, 0.3) is 0 Å². The summed E-state index contributed by atoms with van der Waals surface area (Å²) >= 11 is 0. The SMILES string of the molecule is CC(=O)c1ccc(N2C(=O)C3CC=C4C(CC5C(=O)C(c6ccccc6)=CC(=O)C5(c5ccccc5)C4c4ccc(OCCO)cc4)C3C2=O)cc1. The van der Waals surface area contributed by atoms with Crippen molar-refractivity contribution >= 4 is 40.4 Å².